The highest BCUT2D eigenvalue weighted by Crippen LogP contribution is 2.39. The Balaban J connectivity index is 1.54. The fourth-order valence-electron chi connectivity index (χ4n) is 2.49. The van der Waals surface area contributed by atoms with E-state index in [0.29, 0.717) is 22.6 Å². The minimum atomic E-state index is 0.452. The molecule has 1 aliphatic carbocycles. The highest BCUT2D eigenvalue weighted by atomic mass is 35.5. The molecule has 0 bridgehead atoms. The van der Waals surface area contributed by atoms with Crippen molar-refractivity contribution in [3.05, 3.63) is 47.6 Å². The summed E-state index contributed by atoms with van der Waals surface area (Å²) in [6, 6.07) is 11.8. The molecule has 2 heterocycles. The van der Waals surface area contributed by atoms with E-state index in [1.807, 2.05) is 30.3 Å². The molecule has 1 aliphatic heterocycles. The largest absolute Gasteiger partial charge is 0.453 e. The number of nitrogens with zero attached hydrogens (tertiary/aromatic N) is 2. The van der Waals surface area contributed by atoms with Gasteiger partial charge in [0, 0.05) is 18.0 Å². The lowest BCUT2D eigenvalue weighted by Gasteiger charge is -2.12. The Kier molecular flexibility index (Phi) is 4.14. The SMILES string of the molecule is Clc1cnc(NC2=NC(C3CC3)CS2)c(Oc2ccccc2)c1. The van der Waals surface area contributed by atoms with E-state index in [-0.39, 0.29) is 0 Å². The van der Waals surface area contributed by atoms with Gasteiger partial charge >= 0.3 is 0 Å². The fraction of sp³-hybridized carbons (Fsp3) is 0.294. The molecular weight excluding hydrogens is 330 g/mol. The van der Waals surface area contributed by atoms with E-state index < -0.39 is 0 Å². The van der Waals surface area contributed by atoms with Crippen molar-refractivity contribution < 1.29 is 4.74 Å². The van der Waals surface area contributed by atoms with E-state index in [1.165, 1.54) is 12.8 Å². The monoisotopic (exact) mass is 345 g/mol. The molecule has 1 aromatic carbocycles. The summed E-state index contributed by atoms with van der Waals surface area (Å²) in [4.78, 5) is 9.12. The smallest absolute Gasteiger partial charge is 0.175 e. The van der Waals surface area contributed by atoms with Gasteiger partial charge in [0.2, 0.25) is 0 Å². The van der Waals surface area contributed by atoms with Crippen LogP contribution in [-0.4, -0.2) is 21.9 Å². The minimum absolute atomic E-state index is 0.452. The van der Waals surface area contributed by atoms with Gasteiger partial charge in [0.05, 0.1) is 11.1 Å². The van der Waals surface area contributed by atoms with Gasteiger partial charge < -0.3 is 10.1 Å². The Labute approximate surface area is 144 Å². The van der Waals surface area contributed by atoms with Gasteiger partial charge in [-0.3, -0.25) is 4.99 Å². The summed E-state index contributed by atoms with van der Waals surface area (Å²) < 4.78 is 5.91. The highest BCUT2D eigenvalue weighted by molar-refractivity contribution is 8.14. The van der Waals surface area contributed by atoms with Crippen LogP contribution < -0.4 is 10.1 Å². The maximum atomic E-state index is 6.07. The molecule has 6 heteroatoms. The third kappa shape index (κ3) is 3.62. The summed E-state index contributed by atoms with van der Waals surface area (Å²) in [7, 11) is 0. The molecule has 1 N–H and O–H groups in total. The van der Waals surface area contributed by atoms with Crippen LogP contribution in [0.3, 0.4) is 0 Å². The van der Waals surface area contributed by atoms with Gasteiger partial charge in [0.1, 0.15) is 5.75 Å². The number of aromatic nitrogens is 1. The van der Waals surface area contributed by atoms with Crippen molar-refractivity contribution in [1.82, 2.24) is 4.98 Å². The number of ether oxygens (including phenoxy) is 1. The number of hydrogen-bond donors (Lipinski definition) is 1. The van der Waals surface area contributed by atoms with Crippen LogP contribution >= 0.6 is 23.4 Å². The molecule has 1 fully saturated rings. The van der Waals surface area contributed by atoms with Crippen molar-refractivity contribution in [1.29, 1.82) is 0 Å². The van der Waals surface area contributed by atoms with Gasteiger partial charge in [0.25, 0.3) is 0 Å². The number of nitrogens with one attached hydrogen (secondary N) is 1. The van der Waals surface area contributed by atoms with Gasteiger partial charge in [-0.15, -0.1) is 0 Å². The summed E-state index contributed by atoms with van der Waals surface area (Å²) in [6.07, 6.45) is 4.23. The van der Waals surface area contributed by atoms with Gasteiger partial charge in [-0.25, -0.2) is 4.98 Å². The molecule has 0 radical (unpaired) electrons. The minimum Gasteiger partial charge on any atom is -0.453 e. The molecule has 0 spiro atoms. The molecule has 4 nitrogen and oxygen atoms in total. The van der Waals surface area contributed by atoms with Crippen LogP contribution in [0, 0.1) is 5.92 Å². The highest BCUT2D eigenvalue weighted by Gasteiger charge is 2.34. The average molecular weight is 346 g/mol. The third-order valence-electron chi connectivity index (χ3n) is 3.86. The van der Waals surface area contributed by atoms with Gasteiger partial charge in [0.15, 0.2) is 16.7 Å². The molecule has 1 atom stereocenters. The number of aliphatic imine (C=N–C) groups is 1. The molecular formula is C17H16ClN3OS. The van der Waals surface area contributed by atoms with E-state index in [9.17, 15) is 0 Å². The number of anilines is 1. The average Bonchev–Trinajstić information content (AvgIpc) is 3.31. The molecule has 23 heavy (non-hydrogen) atoms. The first-order valence-electron chi connectivity index (χ1n) is 7.64. The molecule has 1 saturated carbocycles. The van der Waals surface area contributed by atoms with Crippen LogP contribution in [0.5, 0.6) is 11.5 Å². The topological polar surface area (TPSA) is 46.5 Å². The summed E-state index contributed by atoms with van der Waals surface area (Å²) >= 11 is 7.81. The fourth-order valence-corrected chi connectivity index (χ4v) is 3.69. The zero-order valence-corrected chi connectivity index (χ0v) is 14.0. The Morgan fingerprint density at radius 1 is 1.22 bits per heavy atom. The Morgan fingerprint density at radius 2 is 2.04 bits per heavy atom. The summed E-state index contributed by atoms with van der Waals surface area (Å²) in [5, 5.41) is 4.74. The first-order valence-corrected chi connectivity index (χ1v) is 9.00. The van der Waals surface area contributed by atoms with Crippen molar-refractivity contribution in [3.8, 4) is 11.5 Å². The number of pyridine rings is 1. The third-order valence-corrected chi connectivity index (χ3v) is 5.05. The van der Waals surface area contributed by atoms with E-state index >= 15 is 0 Å². The molecule has 4 rings (SSSR count). The summed E-state index contributed by atoms with van der Waals surface area (Å²) in [6.45, 7) is 0. The standard InChI is InChI=1S/C17H16ClN3OS/c18-12-8-15(22-13-4-2-1-3-5-13)16(19-9-12)21-17-20-14(10-23-17)11-6-7-11/h1-5,8-9,11,14H,6-7,10H2,(H,19,20,21). The van der Waals surface area contributed by atoms with Gasteiger partial charge in [-0.05, 0) is 30.9 Å². The number of benzene rings is 1. The second kappa shape index (κ2) is 6.42. The molecule has 0 amide bonds. The molecule has 2 aliphatic rings. The maximum absolute atomic E-state index is 6.07. The van der Waals surface area contributed by atoms with Gasteiger partial charge in [-0.1, -0.05) is 41.6 Å². The lowest BCUT2D eigenvalue weighted by atomic mass is 10.2. The zero-order valence-electron chi connectivity index (χ0n) is 12.4. The number of thioether (sulfide) groups is 1. The second-order valence-corrected chi connectivity index (χ2v) is 7.14. The lowest BCUT2D eigenvalue weighted by molar-refractivity contribution is 0.483. The number of amidine groups is 1. The van der Waals surface area contributed by atoms with E-state index in [4.69, 9.17) is 21.3 Å². The predicted molar refractivity (Wildman–Crippen MR) is 95.8 cm³/mol. The van der Waals surface area contributed by atoms with Crippen molar-refractivity contribution in [2.75, 3.05) is 11.1 Å². The van der Waals surface area contributed by atoms with Crippen LogP contribution in [-0.2, 0) is 0 Å². The molecule has 2 aromatic rings. The molecule has 118 valence electrons. The molecule has 1 unspecified atom stereocenters. The Bertz CT molecular complexity index is 734. The number of rotatable bonds is 4. The van der Waals surface area contributed by atoms with Crippen LogP contribution in [0.25, 0.3) is 0 Å². The normalized spacial score (nSPS) is 20.2. The van der Waals surface area contributed by atoms with Crippen LogP contribution in [0.1, 0.15) is 12.8 Å². The number of halogens is 1. The van der Waals surface area contributed by atoms with E-state index in [1.54, 1.807) is 24.0 Å². The zero-order chi connectivity index (χ0) is 15.6. The van der Waals surface area contributed by atoms with Crippen molar-refractivity contribution in [2.24, 2.45) is 10.9 Å². The molecule has 0 saturated heterocycles. The van der Waals surface area contributed by atoms with E-state index in [2.05, 4.69) is 10.3 Å². The number of para-hydroxylation sites is 1. The van der Waals surface area contributed by atoms with Crippen LogP contribution in [0.2, 0.25) is 5.02 Å². The first kappa shape index (κ1) is 14.8. The lowest BCUT2D eigenvalue weighted by Crippen LogP contribution is -2.09. The first-order chi connectivity index (χ1) is 11.3. The van der Waals surface area contributed by atoms with Crippen molar-refractivity contribution in [3.63, 3.8) is 0 Å². The second-order valence-electron chi connectivity index (χ2n) is 5.69. The number of hydrogen-bond acceptors (Lipinski definition) is 5. The summed E-state index contributed by atoms with van der Waals surface area (Å²) in [5.74, 6) is 3.81. The van der Waals surface area contributed by atoms with Crippen molar-refractivity contribution >= 4 is 34.3 Å². The van der Waals surface area contributed by atoms with Gasteiger partial charge in [-0.2, -0.15) is 0 Å². The quantitative estimate of drug-likeness (QED) is 0.862. The summed E-state index contributed by atoms with van der Waals surface area (Å²) in [5.41, 5.74) is 0. The predicted octanol–water partition coefficient (Wildman–Crippen LogP) is 4.82. The van der Waals surface area contributed by atoms with Crippen LogP contribution in [0.4, 0.5) is 5.82 Å². The Morgan fingerprint density at radius 3 is 2.83 bits per heavy atom. The van der Waals surface area contributed by atoms with E-state index in [0.717, 1.165) is 22.6 Å². The van der Waals surface area contributed by atoms with Crippen LogP contribution in [0.15, 0.2) is 47.6 Å². The Hall–Kier alpha value is -1.72. The molecule has 1 aromatic heterocycles. The maximum Gasteiger partial charge on any atom is 0.175 e. The van der Waals surface area contributed by atoms with Crippen molar-refractivity contribution in [2.45, 2.75) is 18.9 Å².